The summed E-state index contributed by atoms with van der Waals surface area (Å²) in [4.78, 5) is 10.8. The number of hydrogen-bond donors (Lipinski definition) is 2. The van der Waals surface area contributed by atoms with Crippen molar-refractivity contribution in [3.8, 4) is 0 Å². The Bertz CT molecular complexity index is 701. The van der Waals surface area contributed by atoms with E-state index in [1.807, 2.05) is 17.9 Å². The minimum atomic E-state index is -0.930. The Morgan fingerprint density at radius 2 is 2.10 bits per heavy atom. The number of aryl methyl sites for hydroxylation is 1. The summed E-state index contributed by atoms with van der Waals surface area (Å²) in [5, 5.41) is 17.6. The molecule has 0 spiro atoms. The van der Waals surface area contributed by atoms with Crippen LogP contribution in [0, 0.1) is 0 Å². The monoisotopic (exact) mass is 284 g/mol. The average molecular weight is 284 g/mol. The van der Waals surface area contributed by atoms with Gasteiger partial charge in [-0.3, -0.25) is 10.1 Å². The van der Waals surface area contributed by atoms with Gasteiger partial charge in [0.15, 0.2) is 0 Å². The third-order valence-electron chi connectivity index (χ3n) is 3.65. The number of fused-ring (bicyclic) bond motifs is 1. The van der Waals surface area contributed by atoms with Crippen molar-refractivity contribution in [2.24, 2.45) is 12.1 Å². The third-order valence-corrected chi connectivity index (χ3v) is 3.65. The molecular weight excluding hydrogens is 268 g/mol. The molecule has 0 saturated heterocycles. The zero-order chi connectivity index (χ0) is 14.8. The van der Waals surface area contributed by atoms with Gasteiger partial charge >= 0.3 is 5.97 Å². The van der Waals surface area contributed by atoms with Gasteiger partial charge < -0.3 is 5.11 Å². The number of carboxylic acid groups (broad SMARTS) is 1. The van der Waals surface area contributed by atoms with Crippen LogP contribution in [0.4, 0.5) is 5.69 Å². The molecule has 108 valence electrons. The van der Waals surface area contributed by atoms with Gasteiger partial charge in [0, 0.05) is 18.3 Å². The Morgan fingerprint density at radius 3 is 2.81 bits per heavy atom. The van der Waals surface area contributed by atoms with Gasteiger partial charge in [0.1, 0.15) is 0 Å². The molecule has 1 aliphatic rings. The number of carbonyl (C=O) groups is 1. The highest BCUT2D eigenvalue weighted by Crippen LogP contribution is 2.21. The number of nitrogens with one attached hydrogen (secondary N) is 1. The fraction of sp³-hybridized carbons (Fsp3) is 0.267. The van der Waals surface area contributed by atoms with Gasteiger partial charge in [-0.25, -0.2) is 4.79 Å². The molecule has 0 saturated carbocycles. The molecule has 3 rings (SSSR count). The van der Waals surface area contributed by atoms with Gasteiger partial charge in [0.25, 0.3) is 0 Å². The van der Waals surface area contributed by atoms with Gasteiger partial charge in [-0.05, 0) is 43.5 Å². The topological polar surface area (TPSA) is 79.5 Å². The molecule has 0 unspecified atom stereocenters. The number of aromatic nitrogens is 2. The number of hydrazone groups is 1. The van der Waals surface area contributed by atoms with Crippen LogP contribution in [0.5, 0.6) is 0 Å². The average Bonchev–Trinajstić information content (AvgIpc) is 2.88. The SMILES string of the molecule is Cn1ncc2c1CCCC2=NNc1ccc(C(=O)O)cc1. The molecule has 0 fully saturated rings. The first-order valence-electron chi connectivity index (χ1n) is 6.82. The van der Waals surface area contributed by atoms with E-state index in [4.69, 9.17) is 5.11 Å². The third kappa shape index (κ3) is 2.65. The van der Waals surface area contributed by atoms with Crippen LogP contribution < -0.4 is 5.43 Å². The number of hydrogen-bond acceptors (Lipinski definition) is 4. The van der Waals surface area contributed by atoms with E-state index in [-0.39, 0.29) is 5.56 Å². The molecule has 0 atom stereocenters. The summed E-state index contributed by atoms with van der Waals surface area (Å²) in [5.41, 5.74) is 7.32. The standard InChI is InChI=1S/C15H16N4O2/c1-19-14-4-2-3-13(12(14)9-16-19)18-17-11-7-5-10(6-8-11)15(20)21/h5-9,17H,2-4H2,1H3,(H,20,21). The molecule has 6 nitrogen and oxygen atoms in total. The second-order valence-corrected chi connectivity index (χ2v) is 5.03. The Morgan fingerprint density at radius 1 is 1.33 bits per heavy atom. The maximum Gasteiger partial charge on any atom is 0.335 e. The van der Waals surface area contributed by atoms with Crippen molar-refractivity contribution in [3.63, 3.8) is 0 Å². The second kappa shape index (κ2) is 5.40. The van der Waals surface area contributed by atoms with Crippen LogP contribution in [0.15, 0.2) is 35.6 Å². The number of aromatic carboxylic acids is 1. The number of benzene rings is 1. The molecule has 0 amide bonds. The smallest absolute Gasteiger partial charge is 0.335 e. The van der Waals surface area contributed by atoms with Crippen molar-refractivity contribution in [2.75, 3.05) is 5.43 Å². The molecule has 2 aromatic rings. The lowest BCUT2D eigenvalue weighted by atomic mass is 9.96. The summed E-state index contributed by atoms with van der Waals surface area (Å²) in [7, 11) is 1.94. The Hall–Kier alpha value is -2.63. The van der Waals surface area contributed by atoms with E-state index < -0.39 is 5.97 Å². The highest BCUT2D eigenvalue weighted by atomic mass is 16.4. The van der Waals surface area contributed by atoms with Crippen LogP contribution in [0.3, 0.4) is 0 Å². The van der Waals surface area contributed by atoms with E-state index in [1.165, 1.54) is 5.69 Å². The normalized spacial score (nSPS) is 15.8. The first-order valence-corrected chi connectivity index (χ1v) is 6.82. The Kier molecular flexibility index (Phi) is 3.43. The van der Waals surface area contributed by atoms with E-state index in [0.717, 1.165) is 36.2 Å². The van der Waals surface area contributed by atoms with Gasteiger partial charge in [-0.15, -0.1) is 0 Å². The largest absolute Gasteiger partial charge is 0.478 e. The summed E-state index contributed by atoms with van der Waals surface area (Å²) in [5.74, 6) is -0.930. The van der Waals surface area contributed by atoms with Crippen molar-refractivity contribution < 1.29 is 9.90 Å². The number of anilines is 1. The molecule has 1 aliphatic carbocycles. The van der Waals surface area contributed by atoms with Gasteiger partial charge in [-0.2, -0.15) is 10.2 Å². The summed E-state index contributed by atoms with van der Waals surface area (Å²) in [6.45, 7) is 0. The fourth-order valence-electron chi connectivity index (χ4n) is 2.49. The molecule has 0 radical (unpaired) electrons. The van der Waals surface area contributed by atoms with Crippen LogP contribution in [-0.4, -0.2) is 26.6 Å². The Labute approximate surface area is 122 Å². The van der Waals surface area contributed by atoms with Gasteiger partial charge in [0.05, 0.1) is 23.2 Å². The highest BCUT2D eigenvalue weighted by molar-refractivity contribution is 6.02. The van der Waals surface area contributed by atoms with Crippen LogP contribution in [0.2, 0.25) is 0 Å². The number of rotatable bonds is 3. The molecule has 0 aliphatic heterocycles. The predicted molar refractivity (Wildman–Crippen MR) is 79.7 cm³/mol. The van der Waals surface area contributed by atoms with E-state index in [2.05, 4.69) is 15.6 Å². The van der Waals surface area contributed by atoms with Crippen molar-refractivity contribution in [3.05, 3.63) is 47.3 Å². The molecule has 1 heterocycles. The number of nitrogens with zero attached hydrogens (tertiary/aromatic N) is 3. The fourth-order valence-corrected chi connectivity index (χ4v) is 2.49. The molecular formula is C15H16N4O2. The maximum atomic E-state index is 10.8. The van der Waals surface area contributed by atoms with E-state index >= 15 is 0 Å². The zero-order valence-corrected chi connectivity index (χ0v) is 11.7. The van der Waals surface area contributed by atoms with Crippen molar-refractivity contribution in [1.29, 1.82) is 0 Å². The van der Waals surface area contributed by atoms with E-state index in [0.29, 0.717) is 0 Å². The molecule has 2 N–H and O–H groups in total. The number of carboxylic acids is 1. The van der Waals surface area contributed by atoms with Crippen molar-refractivity contribution >= 4 is 17.4 Å². The molecule has 6 heteroatoms. The highest BCUT2D eigenvalue weighted by Gasteiger charge is 2.19. The molecule has 1 aromatic carbocycles. The van der Waals surface area contributed by atoms with Crippen LogP contribution >= 0.6 is 0 Å². The Balaban J connectivity index is 1.79. The first kappa shape index (κ1) is 13.4. The summed E-state index contributed by atoms with van der Waals surface area (Å²) >= 11 is 0. The predicted octanol–water partition coefficient (Wildman–Crippen LogP) is 2.27. The van der Waals surface area contributed by atoms with Gasteiger partial charge in [0.2, 0.25) is 0 Å². The van der Waals surface area contributed by atoms with E-state index in [9.17, 15) is 4.79 Å². The summed E-state index contributed by atoms with van der Waals surface area (Å²) in [6.07, 6.45) is 4.85. The summed E-state index contributed by atoms with van der Waals surface area (Å²) in [6, 6.07) is 6.53. The van der Waals surface area contributed by atoms with Crippen LogP contribution in [0.1, 0.15) is 34.5 Å². The quantitative estimate of drug-likeness (QED) is 0.847. The van der Waals surface area contributed by atoms with Crippen LogP contribution in [0.25, 0.3) is 0 Å². The van der Waals surface area contributed by atoms with Crippen molar-refractivity contribution in [2.45, 2.75) is 19.3 Å². The lowest BCUT2D eigenvalue weighted by molar-refractivity contribution is 0.0697. The molecule has 1 aromatic heterocycles. The molecule has 21 heavy (non-hydrogen) atoms. The minimum absolute atomic E-state index is 0.264. The minimum Gasteiger partial charge on any atom is -0.478 e. The van der Waals surface area contributed by atoms with Gasteiger partial charge in [-0.1, -0.05) is 0 Å². The van der Waals surface area contributed by atoms with E-state index in [1.54, 1.807) is 24.3 Å². The summed E-state index contributed by atoms with van der Waals surface area (Å²) < 4.78 is 1.89. The van der Waals surface area contributed by atoms with Crippen LogP contribution in [-0.2, 0) is 13.5 Å². The van der Waals surface area contributed by atoms with Crippen molar-refractivity contribution in [1.82, 2.24) is 9.78 Å². The maximum absolute atomic E-state index is 10.8. The second-order valence-electron chi connectivity index (χ2n) is 5.03. The zero-order valence-electron chi connectivity index (χ0n) is 11.7. The lowest BCUT2D eigenvalue weighted by Crippen LogP contribution is -2.14. The lowest BCUT2D eigenvalue weighted by Gasteiger charge is -2.14. The first-order chi connectivity index (χ1) is 10.1. The molecule has 0 bridgehead atoms.